The zero-order valence-electron chi connectivity index (χ0n) is 15.1. The standard InChI is InChI=1S/C20H27N3O/c1-5-11-23(12-6-2)19-10-9-17(14-21-19)20(24)22-18-13-15(3)7-8-16(18)4/h7-10,13-14H,5-6,11-12H2,1-4H3,(H,22,24). The van der Waals surface area contributed by atoms with E-state index < -0.39 is 0 Å². The number of aromatic nitrogens is 1. The minimum absolute atomic E-state index is 0.125. The Morgan fingerprint density at radius 1 is 1.08 bits per heavy atom. The van der Waals surface area contributed by atoms with Crippen LogP contribution in [0.5, 0.6) is 0 Å². The van der Waals surface area contributed by atoms with Gasteiger partial charge in [0.05, 0.1) is 5.56 Å². The van der Waals surface area contributed by atoms with E-state index in [1.807, 2.05) is 44.2 Å². The van der Waals surface area contributed by atoms with Gasteiger partial charge in [-0.15, -0.1) is 0 Å². The first-order valence-electron chi connectivity index (χ1n) is 8.64. The number of hydrogen-bond acceptors (Lipinski definition) is 3. The zero-order chi connectivity index (χ0) is 17.5. The molecule has 0 atom stereocenters. The molecule has 2 aromatic rings. The average Bonchev–Trinajstić information content (AvgIpc) is 2.58. The molecule has 0 saturated carbocycles. The zero-order valence-corrected chi connectivity index (χ0v) is 15.1. The van der Waals surface area contributed by atoms with E-state index in [4.69, 9.17) is 0 Å². The van der Waals surface area contributed by atoms with Gasteiger partial charge in [-0.3, -0.25) is 4.79 Å². The lowest BCUT2D eigenvalue weighted by Gasteiger charge is -2.22. The first-order chi connectivity index (χ1) is 11.5. The Morgan fingerprint density at radius 3 is 2.38 bits per heavy atom. The van der Waals surface area contributed by atoms with Crippen LogP contribution >= 0.6 is 0 Å². The topological polar surface area (TPSA) is 45.2 Å². The molecule has 1 N–H and O–H groups in total. The van der Waals surface area contributed by atoms with E-state index in [0.717, 1.165) is 48.6 Å². The van der Waals surface area contributed by atoms with Crippen LogP contribution in [0.25, 0.3) is 0 Å². The number of rotatable bonds is 7. The Kier molecular flexibility index (Phi) is 6.36. The normalized spacial score (nSPS) is 10.5. The highest BCUT2D eigenvalue weighted by Gasteiger charge is 2.11. The van der Waals surface area contributed by atoms with Crippen LogP contribution in [0.3, 0.4) is 0 Å². The highest BCUT2D eigenvalue weighted by Crippen LogP contribution is 2.18. The molecule has 0 radical (unpaired) electrons. The molecule has 0 saturated heterocycles. The lowest BCUT2D eigenvalue weighted by molar-refractivity contribution is 0.102. The maximum Gasteiger partial charge on any atom is 0.257 e. The molecule has 0 aliphatic heterocycles. The van der Waals surface area contributed by atoms with Crippen molar-refractivity contribution in [2.45, 2.75) is 40.5 Å². The number of nitrogens with one attached hydrogen (secondary N) is 1. The predicted octanol–water partition coefficient (Wildman–Crippen LogP) is 4.58. The number of amides is 1. The van der Waals surface area contributed by atoms with E-state index in [0.29, 0.717) is 5.56 Å². The summed E-state index contributed by atoms with van der Waals surface area (Å²) in [5.74, 6) is 0.808. The molecule has 0 aliphatic rings. The molecule has 4 nitrogen and oxygen atoms in total. The van der Waals surface area contributed by atoms with Crippen LogP contribution in [0.2, 0.25) is 0 Å². The van der Waals surface area contributed by atoms with Gasteiger partial charge in [-0.2, -0.15) is 0 Å². The van der Waals surface area contributed by atoms with Gasteiger partial charge in [-0.05, 0) is 56.0 Å². The first kappa shape index (κ1) is 18.0. The summed E-state index contributed by atoms with van der Waals surface area (Å²) < 4.78 is 0. The number of hydrogen-bond donors (Lipinski definition) is 1. The van der Waals surface area contributed by atoms with Crippen LogP contribution in [0, 0.1) is 13.8 Å². The predicted molar refractivity (Wildman–Crippen MR) is 101 cm³/mol. The molecule has 1 heterocycles. The highest BCUT2D eigenvalue weighted by atomic mass is 16.1. The minimum atomic E-state index is -0.125. The summed E-state index contributed by atoms with van der Waals surface area (Å²) in [6, 6.07) is 9.82. The second-order valence-electron chi connectivity index (χ2n) is 6.16. The van der Waals surface area contributed by atoms with Gasteiger partial charge in [-0.25, -0.2) is 4.98 Å². The average molecular weight is 325 g/mol. The lowest BCUT2D eigenvalue weighted by Crippen LogP contribution is -2.26. The van der Waals surface area contributed by atoms with Crippen molar-refractivity contribution >= 4 is 17.4 Å². The largest absolute Gasteiger partial charge is 0.357 e. The van der Waals surface area contributed by atoms with Gasteiger partial charge in [0.15, 0.2) is 0 Å². The van der Waals surface area contributed by atoms with Gasteiger partial charge in [0.1, 0.15) is 5.82 Å². The third-order valence-corrected chi connectivity index (χ3v) is 3.96. The SMILES string of the molecule is CCCN(CCC)c1ccc(C(=O)Nc2cc(C)ccc2C)cn1. The van der Waals surface area contributed by atoms with Crippen molar-refractivity contribution in [3.63, 3.8) is 0 Å². The van der Waals surface area contributed by atoms with Crippen LogP contribution in [0.1, 0.15) is 48.2 Å². The molecule has 1 aromatic carbocycles. The Labute approximate surface area is 144 Å². The van der Waals surface area contributed by atoms with E-state index in [2.05, 4.69) is 29.0 Å². The fourth-order valence-corrected chi connectivity index (χ4v) is 2.65. The quantitative estimate of drug-likeness (QED) is 0.810. The first-order valence-corrected chi connectivity index (χ1v) is 8.64. The monoisotopic (exact) mass is 325 g/mol. The third-order valence-electron chi connectivity index (χ3n) is 3.96. The highest BCUT2D eigenvalue weighted by molar-refractivity contribution is 6.04. The van der Waals surface area contributed by atoms with Crippen molar-refractivity contribution in [1.29, 1.82) is 0 Å². The number of anilines is 2. The van der Waals surface area contributed by atoms with Crippen molar-refractivity contribution < 1.29 is 4.79 Å². The Bertz CT molecular complexity index is 674. The molecule has 0 fully saturated rings. The molecule has 0 spiro atoms. The summed E-state index contributed by atoms with van der Waals surface area (Å²) in [5.41, 5.74) is 3.60. The number of carbonyl (C=O) groups is 1. The molecule has 24 heavy (non-hydrogen) atoms. The van der Waals surface area contributed by atoms with E-state index >= 15 is 0 Å². The van der Waals surface area contributed by atoms with E-state index in [9.17, 15) is 4.79 Å². The van der Waals surface area contributed by atoms with Crippen molar-refractivity contribution in [3.8, 4) is 0 Å². The van der Waals surface area contributed by atoms with Crippen LogP contribution in [-0.2, 0) is 0 Å². The van der Waals surface area contributed by atoms with Crippen molar-refractivity contribution in [2.75, 3.05) is 23.3 Å². The van der Waals surface area contributed by atoms with Gasteiger partial charge in [0, 0.05) is 25.0 Å². The Balaban J connectivity index is 2.12. The number of pyridine rings is 1. The number of benzene rings is 1. The summed E-state index contributed by atoms with van der Waals surface area (Å²) >= 11 is 0. The second-order valence-corrected chi connectivity index (χ2v) is 6.16. The van der Waals surface area contributed by atoms with E-state index in [-0.39, 0.29) is 5.91 Å². The summed E-state index contributed by atoms with van der Waals surface area (Å²) in [5, 5.41) is 2.97. The maximum absolute atomic E-state index is 12.4. The fourth-order valence-electron chi connectivity index (χ4n) is 2.65. The van der Waals surface area contributed by atoms with Crippen molar-refractivity contribution in [3.05, 3.63) is 53.2 Å². The number of carbonyl (C=O) groups excluding carboxylic acids is 1. The van der Waals surface area contributed by atoms with Gasteiger partial charge in [0.2, 0.25) is 0 Å². The molecule has 0 aliphatic carbocycles. The maximum atomic E-state index is 12.4. The number of nitrogens with zero attached hydrogens (tertiary/aromatic N) is 2. The molecule has 0 unspecified atom stereocenters. The van der Waals surface area contributed by atoms with Gasteiger partial charge in [-0.1, -0.05) is 26.0 Å². The number of aryl methyl sites for hydroxylation is 2. The van der Waals surface area contributed by atoms with Crippen LogP contribution in [0.15, 0.2) is 36.5 Å². The summed E-state index contributed by atoms with van der Waals surface area (Å²) in [6.07, 6.45) is 3.82. The van der Waals surface area contributed by atoms with E-state index in [1.165, 1.54) is 0 Å². The molecule has 1 amide bonds. The molecular weight excluding hydrogens is 298 g/mol. The van der Waals surface area contributed by atoms with Crippen molar-refractivity contribution in [2.24, 2.45) is 0 Å². The van der Waals surface area contributed by atoms with Gasteiger partial charge >= 0.3 is 0 Å². The smallest absolute Gasteiger partial charge is 0.257 e. The second kappa shape index (κ2) is 8.48. The lowest BCUT2D eigenvalue weighted by atomic mass is 10.1. The van der Waals surface area contributed by atoms with Gasteiger partial charge in [0.25, 0.3) is 5.91 Å². The molecular formula is C20H27N3O. The molecule has 128 valence electrons. The van der Waals surface area contributed by atoms with Crippen LogP contribution in [-0.4, -0.2) is 24.0 Å². The molecule has 0 bridgehead atoms. The fraction of sp³-hybridized carbons (Fsp3) is 0.400. The van der Waals surface area contributed by atoms with Gasteiger partial charge < -0.3 is 10.2 Å². The minimum Gasteiger partial charge on any atom is -0.357 e. The van der Waals surface area contributed by atoms with E-state index in [1.54, 1.807) is 6.20 Å². The van der Waals surface area contributed by atoms with Crippen LogP contribution < -0.4 is 10.2 Å². The third kappa shape index (κ3) is 4.57. The molecule has 1 aromatic heterocycles. The summed E-state index contributed by atoms with van der Waals surface area (Å²) in [6.45, 7) is 10.3. The van der Waals surface area contributed by atoms with Crippen LogP contribution in [0.4, 0.5) is 11.5 Å². The summed E-state index contributed by atoms with van der Waals surface area (Å²) in [4.78, 5) is 19.2. The Morgan fingerprint density at radius 2 is 1.79 bits per heavy atom. The summed E-state index contributed by atoms with van der Waals surface area (Å²) in [7, 11) is 0. The molecule has 4 heteroatoms. The van der Waals surface area contributed by atoms with Crippen molar-refractivity contribution in [1.82, 2.24) is 4.98 Å². The molecule has 2 rings (SSSR count). The Hall–Kier alpha value is -2.36.